The summed E-state index contributed by atoms with van der Waals surface area (Å²) in [7, 11) is -0.338. The minimum Gasteiger partial charge on any atom is -0.493 e. The molecule has 8 nitrogen and oxygen atoms in total. The van der Waals surface area contributed by atoms with Gasteiger partial charge in [-0.15, -0.1) is 0 Å². The number of nitrogens with zero attached hydrogens (tertiary/aromatic N) is 2. The van der Waals surface area contributed by atoms with Gasteiger partial charge in [0.2, 0.25) is 5.88 Å². The van der Waals surface area contributed by atoms with Crippen LogP contribution in [0.3, 0.4) is 0 Å². The Hall–Kier alpha value is -2.65. The Kier molecular flexibility index (Phi) is 6.39. The molecule has 9 heteroatoms. The van der Waals surface area contributed by atoms with Gasteiger partial charge in [-0.1, -0.05) is 0 Å². The zero-order chi connectivity index (χ0) is 22.9. The number of ether oxygens (including phenoxy) is 3. The molecule has 172 valence electrons. The number of aliphatic imine (C=N–C) groups is 1. The van der Waals surface area contributed by atoms with Gasteiger partial charge in [0.1, 0.15) is 0 Å². The van der Waals surface area contributed by atoms with Gasteiger partial charge in [-0.2, -0.15) is 8.42 Å². The SMILES string of the molecule is CCOc1cc2c(cc1OC)C(c1ccc(OC)nc1)=N[C@@H]1CC[C@@H](OS(C)(=O)=O)C[C@H]21. The molecule has 4 rings (SSSR count). The molecular formula is C23H28N2O6S. The van der Waals surface area contributed by atoms with E-state index in [4.69, 9.17) is 23.4 Å². The fraction of sp³-hybridized carbons (Fsp3) is 0.478. The van der Waals surface area contributed by atoms with E-state index in [1.807, 2.05) is 31.2 Å². The molecule has 1 aliphatic carbocycles. The van der Waals surface area contributed by atoms with Gasteiger partial charge in [0, 0.05) is 29.3 Å². The Bertz CT molecular complexity index is 1110. The molecule has 0 amide bonds. The number of hydrogen-bond acceptors (Lipinski definition) is 8. The van der Waals surface area contributed by atoms with Crippen molar-refractivity contribution in [2.24, 2.45) is 4.99 Å². The molecule has 1 fully saturated rings. The van der Waals surface area contributed by atoms with Crippen LogP contribution < -0.4 is 14.2 Å². The van der Waals surface area contributed by atoms with Crippen LogP contribution in [-0.4, -0.2) is 58.3 Å². The second kappa shape index (κ2) is 9.07. The van der Waals surface area contributed by atoms with Gasteiger partial charge in [-0.3, -0.25) is 9.18 Å². The molecule has 0 spiro atoms. The molecule has 0 radical (unpaired) electrons. The van der Waals surface area contributed by atoms with Gasteiger partial charge in [0.05, 0.1) is 44.9 Å². The average molecular weight is 461 g/mol. The van der Waals surface area contributed by atoms with Gasteiger partial charge < -0.3 is 14.2 Å². The maximum atomic E-state index is 11.7. The minimum atomic E-state index is -3.53. The maximum Gasteiger partial charge on any atom is 0.264 e. The van der Waals surface area contributed by atoms with Crippen molar-refractivity contribution in [1.29, 1.82) is 0 Å². The quantitative estimate of drug-likeness (QED) is 0.585. The number of hydrogen-bond donors (Lipinski definition) is 0. The molecule has 1 saturated carbocycles. The van der Waals surface area contributed by atoms with Gasteiger partial charge >= 0.3 is 0 Å². The molecule has 0 N–H and O–H groups in total. The first-order valence-corrected chi connectivity index (χ1v) is 12.5. The lowest BCUT2D eigenvalue weighted by Crippen LogP contribution is -2.36. The van der Waals surface area contributed by atoms with Gasteiger partial charge in [0.15, 0.2) is 11.5 Å². The zero-order valence-electron chi connectivity index (χ0n) is 18.7. The van der Waals surface area contributed by atoms with Crippen LogP contribution in [0.1, 0.15) is 48.8 Å². The monoisotopic (exact) mass is 460 g/mol. The topological polar surface area (TPSA) is 96.3 Å². The standard InChI is InChI=1S/C23H28N2O6S/c1-5-30-21-11-16-17-10-15(31-32(4,26)27)7-8-19(17)25-23(18(16)12-20(21)28-2)14-6-9-22(29-3)24-13-14/h6,9,11-13,15,17,19H,5,7-8,10H2,1-4H3/t15-,17-,19-/m1/s1. The molecule has 0 unspecified atom stereocenters. The molecule has 2 aliphatic rings. The Labute approximate surface area is 188 Å². The molecule has 2 aromatic rings. The third-order valence-corrected chi connectivity index (χ3v) is 6.50. The highest BCUT2D eigenvalue weighted by Gasteiger charge is 2.39. The minimum absolute atomic E-state index is 0.0156. The molecule has 1 aliphatic heterocycles. The lowest BCUT2D eigenvalue weighted by molar-refractivity contribution is 0.141. The van der Waals surface area contributed by atoms with Crippen LogP contribution >= 0.6 is 0 Å². The lowest BCUT2D eigenvalue weighted by atomic mass is 9.74. The van der Waals surface area contributed by atoms with E-state index in [1.165, 1.54) is 0 Å². The first kappa shape index (κ1) is 22.5. The second-order valence-corrected chi connectivity index (χ2v) is 9.60. The molecule has 3 atom stereocenters. The predicted octanol–water partition coefficient (Wildman–Crippen LogP) is 3.33. The highest BCUT2D eigenvalue weighted by atomic mass is 32.2. The summed E-state index contributed by atoms with van der Waals surface area (Å²) in [6.07, 6.45) is 4.42. The van der Waals surface area contributed by atoms with E-state index in [0.29, 0.717) is 36.8 Å². The summed E-state index contributed by atoms with van der Waals surface area (Å²) in [6, 6.07) is 7.72. The molecule has 32 heavy (non-hydrogen) atoms. The van der Waals surface area contributed by atoms with Crippen LogP contribution in [0.5, 0.6) is 17.4 Å². The van der Waals surface area contributed by atoms with Crippen LogP contribution in [0.2, 0.25) is 0 Å². The summed E-state index contributed by atoms with van der Waals surface area (Å²) in [5.41, 5.74) is 3.70. The fourth-order valence-electron chi connectivity index (χ4n) is 4.56. The van der Waals surface area contributed by atoms with Crippen molar-refractivity contribution in [3.05, 3.63) is 47.2 Å². The Balaban J connectivity index is 1.80. The van der Waals surface area contributed by atoms with Crippen molar-refractivity contribution in [1.82, 2.24) is 4.98 Å². The smallest absolute Gasteiger partial charge is 0.264 e. The van der Waals surface area contributed by atoms with E-state index < -0.39 is 10.1 Å². The summed E-state index contributed by atoms with van der Waals surface area (Å²) in [6.45, 7) is 2.43. The number of aromatic nitrogens is 1. The van der Waals surface area contributed by atoms with E-state index in [2.05, 4.69) is 4.98 Å². The summed E-state index contributed by atoms with van der Waals surface area (Å²) in [4.78, 5) is 9.43. The van der Waals surface area contributed by atoms with E-state index in [0.717, 1.165) is 35.1 Å². The number of methoxy groups -OCH3 is 2. The van der Waals surface area contributed by atoms with Crippen LogP contribution in [-0.2, 0) is 14.3 Å². The van der Waals surface area contributed by atoms with E-state index in [1.54, 1.807) is 20.4 Å². The molecule has 1 aromatic carbocycles. The highest BCUT2D eigenvalue weighted by molar-refractivity contribution is 7.86. The average Bonchev–Trinajstić information content (AvgIpc) is 2.77. The Morgan fingerprint density at radius 1 is 1.09 bits per heavy atom. The Morgan fingerprint density at radius 2 is 1.91 bits per heavy atom. The van der Waals surface area contributed by atoms with Crippen LogP contribution in [0.15, 0.2) is 35.5 Å². The largest absolute Gasteiger partial charge is 0.493 e. The van der Waals surface area contributed by atoms with Gasteiger partial charge in [-0.25, -0.2) is 4.98 Å². The lowest BCUT2D eigenvalue weighted by Gasteiger charge is -2.38. The molecular weight excluding hydrogens is 432 g/mol. The van der Waals surface area contributed by atoms with Crippen LogP contribution in [0.25, 0.3) is 0 Å². The van der Waals surface area contributed by atoms with Crippen molar-refractivity contribution >= 4 is 15.8 Å². The van der Waals surface area contributed by atoms with Gasteiger partial charge in [0.25, 0.3) is 10.1 Å². The predicted molar refractivity (Wildman–Crippen MR) is 121 cm³/mol. The first-order valence-electron chi connectivity index (χ1n) is 10.6. The fourth-order valence-corrected chi connectivity index (χ4v) is 5.23. The van der Waals surface area contributed by atoms with Crippen LogP contribution in [0, 0.1) is 0 Å². The maximum absolute atomic E-state index is 11.7. The van der Waals surface area contributed by atoms with Gasteiger partial charge in [-0.05, 0) is 49.9 Å². The first-order chi connectivity index (χ1) is 15.3. The number of benzene rings is 1. The summed E-state index contributed by atoms with van der Waals surface area (Å²) in [5, 5.41) is 0. The number of pyridine rings is 1. The molecule has 1 aromatic heterocycles. The second-order valence-electron chi connectivity index (χ2n) is 8.00. The summed E-state index contributed by atoms with van der Waals surface area (Å²) in [5.74, 6) is 1.84. The highest BCUT2D eigenvalue weighted by Crippen LogP contribution is 2.45. The molecule has 2 heterocycles. The summed E-state index contributed by atoms with van der Waals surface area (Å²) < 4.78 is 45.4. The Morgan fingerprint density at radius 3 is 2.53 bits per heavy atom. The molecule has 0 bridgehead atoms. The van der Waals surface area contributed by atoms with E-state index in [9.17, 15) is 8.42 Å². The van der Waals surface area contributed by atoms with Crippen molar-refractivity contribution in [2.75, 3.05) is 27.1 Å². The normalized spacial score (nSPS) is 22.4. The summed E-state index contributed by atoms with van der Waals surface area (Å²) >= 11 is 0. The van der Waals surface area contributed by atoms with Crippen molar-refractivity contribution in [3.8, 4) is 17.4 Å². The van der Waals surface area contributed by atoms with Crippen molar-refractivity contribution < 1.29 is 26.8 Å². The zero-order valence-corrected chi connectivity index (χ0v) is 19.5. The van der Waals surface area contributed by atoms with E-state index in [-0.39, 0.29) is 18.1 Å². The third-order valence-electron chi connectivity index (χ3n) is 5.88. The van der Waals surface area contributed by atoms with E-state index >= 15 is 0 Å². The molecule has 0 saturated heterocycles. The third kappa shape index (κ3) is 4.59. The van der Waals surface area contributed by atoms with Crippen molar-refractivity contribution in [3.63, 3.8) is 0 Å². The van der Waals surface area contributed by atoms with Crippen LogP contribution in [0.4, 0.5) is 0 Å². The number of rotatable bonds is 7. The number of fused-ring (bicyclic) bond motifs is 3. The van der Waals surface area contributed by atoms with Crippen molar-refractivity contribution in [2.45, 2.75) is 44.2 Å².